The number of anilines is 1. The molecule has 1 heterocycles. The predicted molar refractivity (Wildman–Crippen MR) is 101 cm³/mol. The molecule has 142 valence electrons. The summed E-state index contributed by atoms with van der Waals surface area (Å²) in [7, 11) is 0. The van der Waals surface area contributed by atoms with Gasteiger partial charge in [-0.25, -0.2) is 8.78 Å². The highest BCUT2D eigenvalue weighted by molar-refractivity contribution is 5.92. The molecule has 1 aliphatic heterocycles. The maximum Gasteiger partial charge on any atom is 0.244 e. The number of hydrogen-bond acceptors (Lipinski definition) is 3. The average Bonchev–Trinajstić information content (AvgIpc) is 2.67. The van der Waals surface area contributed by atoms with E-state index in [4.69, 9.17) is 4.74 Å². The van der Waals surface area contributed by atoms with E-state index in [0.717, 1.165) is 5.56 Å². The van der Waals surface area contributed by atoms with Crippen LogP contribution in [-0.2, 0) is 9.53 Å². The van der Waals surface area contributed by atoms with Crippen LogP contribution >= 0.6 is 0 Å². The Balaban J connectivity index is 1.66. The van der Waals surface area contributed by atoms with Crippen molar-refractivity contribution in [3.63, 3.8) is 0 Å². The predicted octanol–water partition coefficient (Wildman–Crippen LogP) is 3.69. The molecular formula is C21H22F2N2O2. The Hall–Kier alpha value is -2.73. The Morgan fingerprint density at radius 2 is 1.96 bits per heavy atom. The van der Waals surface area contributed by atoms with E-state index in [2.05, 4.69) is 5.32 Å². The van der Waals surface area contributed by atoms with Crippen LogP contribution in [-0.4, -0.2) is 32.2 Å². The minimum Gasteiger partial charge on any atom is -0.378 e. The minimum absolute atomic E-state index is 0.287. The molecule has 0 aliphatic carbocycles. The second kappa shape index (κ2) is 8.77. The summed E-state index contributed by atoms with van der Waals surface area (Å²) < 4.78 is 32.7. The fourth-order valence-corrected chi connectivity index (χ4v) is 2.97. The molecule has 27 heavy (non-hydrogen) atoms. The third-order valence-corrected chi connectivity index (χ3v) is 4.46. The second-order valence-electron chi connectivity index (χ2n) is 6.43. The molecule has 1 aliphatic rings. The number of amides is 1. The fourth-order valence-electron chi connectivity index (χ4n) is 2.97. The normalized spacial score (nSPS) is 15.7. The van der Waals surface area contributed by atoms with E-state index in [1.807, 2.05) is 11.8 Å². The summed E-state index contributed by atoms with van der Waals surface area (Å²) in [4.78, 5) is 14.1. The molecule has 0 saturated carbocycles. The lowest BCUT2D eigenvalue weighted by molar-refractivity contribution is -0.117. The fraction of sp³-hybridized carbons (Fsp3) is 0.286. The molecular weight excluding hydrogens is 350 g/mol. The Morgan fingerprint density at radius 3 is 2.70 bits per heavy atom. The Kier molecular flexibility index (Phi) is 6.19. The molecule has 1 saturated heterocycles. The third kappa shape index (κ3) is 5.14. The van der Waals surface area contributed by atoms with Gasteiger partial charge in [-0.1, -0.05) is 18.2 Å². The topological polar surface area (TPSA) is 41.6 Å². The molecule has 1 N–H and O–H groups in total. The van der Waals surface area contributed by atoms with Crippen molar-refractivity contribution in [1.29, 1.82) is 0 Å². The van der Waals surface area contributed by atoms with Crippen molar-refractivity contribution in [1.82, 2.24) is 5.32 Å². The van der Waals surface area contributed by atoms with E-state index in [9.17, 15) is 13.6 Å². The van der Waals surface area contributed by atoms with Gasteiger partial charge in [-0.2, -0.15) is 0 Å². The first kappa shape index (κ1) is 19.0. The van der Waals surface area contributed by atoms with Crippen molar-refractivity contribution in [2.24, 2.45) is 0 Å². The summed E-state index contributed by atoms with van der Waals surface area (Å²) in [5, 5.41) is 2.85. The molecule has 0 bridgehead atoms. The third-order valence-electron chi connectivity index (χ3n) is 4.46. The first-order valence-electron chi connectivity index (χ1n) is 8.89. The molecule has 0 aromatic heterocycles. The van der Waals surface area contributed by atoms with Gasteiger partial charge >= 0.3 is 0 Å². The number of nitrogens with one attached hydrogen (secondary N) is 1. The summed E-state index contributed by atoms with van der Waals surface area (Å²) in [6.45, 7) is 4.25. The Bertz CT molecular complexity index is 833. The van der Waals surface area contributed by atoms with Crippen LogP contribution in [0, 0.1) is 11.6 Å². The van der Waals surface area contributed by atoms with Crippen molar-refractivity contribution in [2.75, 3.05) is 31.2 Å². The lowest BCUT2D eigenvalue weighted by atomic mass is 10.1. The van der Waals surface area contributed by atoms with Gasteiger partial charge in [0.05, 0.1) is 24.9 Å². The number of nitrogens with zero attached hydrogens (tertiary/aromatic N) is 1. The number of rotatable bonds is 5. The molecule has 0 radical (unpaired) electrons. The van der Waals surface area contributed by atoms with Gasteiger partial charge < -0.3 is 15.0 Å². The lowest BCUT2D eigenvalue weighted by Crippen LogP contribution is -2.37. The van der Waals surface area contributed by atoms with E-state index in [1.54, 1.807) is 30.3 Å². The Morgan fingerprint density at radius 1 is 1.19 bits per heavy atom. The van der Waals surface area contributed by atoms with Crippen LogP contribution < -0.4 is 10.2 Å². The SMILES string of the molecule is CC(NC(=O)/C=C\c1cccc(F)c1)c1ccc(F)c(N2CCOCC2)c1. The highest BCUT2D eigenvalue weighted by Crippen LogP contribution is 2.25. The van der Waals surface area contributed by atoms with Crippen LogP contribution in [0.3, 0.4) is 0 Å². The van der Waals surface area contributed by atoms with Crippen LogP contribution in [0.25, 0.3) is 6.08 Å². The summed E-state index contributed by atoms with van der Waals surface area (Å²) in [6.07, 6.45) is 2.91. The number of benzene rings is 2. The van der Waals surface area contributed by atoms with Crippen molar-refractivity contribution in [3.05, 3.63) is 71.3 Å². The van der Waals surface area contributed by atoms with Crippen LogP contribution in [0.1, 0.15) is 24.1 Å². The van der Waals surface area contributed by atoms with Crippen molar-refractivity contribution >= 4 is 17.7 Å². The van der Waals surface area contributed by atoms with Crippen LogP contribution in [0.4, 0.5) is 14.5 Å². The van der Waals surface area contributed by atoms with Gasteiger partial charge in [-0.15, -0.1) is 0 Å². The molecule has 1 unspecified atom stereocenters. The van der Waals surface area contributed by atoms with E-state index in [1.165, 1.54) is 24.3 Å². The molecule has 2 aromatic carbocycles. The van der Waals surface area contributed by atoms with Gasteiger partial charge in [0.1, 0.15) is 11.6 Å². The zero-order valence-corrected chi connectivity index (χ0v) is 15.1. The molecule has 0 spiro atoms. The van der Waals surface area contributed by atoms with Crippen LogP contribution in [0.2, 0.25) is 0 Å². The van der Waals surface area contributed by atoms with Gasteiger partial charge in [0, 0.05) is 19.2 Å². The first-order chi connectivity index (χ1) is 13.0. The number of carbonyl (C=O) groups is 1. The maximum absolute atomic E-state index is 14.2. The molecule has 2 aromatic rings. The molecule has 6 heteroatoms. The average molecular weight is 372 g/mol. The van der Waals surface area contributed by atoms with Gasteiger partial charge in [-0.3, -0.25) is 4.79 Å². The standard InChI is InChI=1S/C21H22F2N2O2/c1-15(24-21(26)8-5-16-3-2-4-18(22)13-16)17-6-7-19(23)20(14-17)25-9-11-27-12-10-25/h2-8,13-15H,9-12H2,1H3,(H,24,26)/b8-5-. The maximum atomic E-state index is 14.2. The summed E-state index contributed by atoms with van der Waals surface area (Å²) in [5.74, 6) is -0.943. The van der Waals surface area contributed by atoms with E-state index in [0.29, 0.717) is 37.6 Å². The summed E-state index contributed by atoms with van der Waals surface area (Å²) >= 11 is 0. The molecule has 1 atom stereocenters. The van der Waals surface area contributed by atoms with Crippen molar-refractivity contribution in [3.8, 4) is 0 Å². The first-order valence-corrected chi connectivity index (χ1v) is 8.89. The zero-order chi connectivity index (χ0) is 19.2. The second-order valence-corrected chi connectivity index (χ2v) is 6.43. The highest BCUT2D eigenvalue weighted by Gasteiger charge is 2.17. The molecule has 1 amide bonds. The monoisotopic (exact) mass is 372 g/mol. The lowest BCUT2D eigenvalue weighted by Gasteiger charge is -2.29. The van der Waals surface area contributed by atoms with E-state index < -0.39 is 0 Å². The van der Waals surface area contributed by atoms with Crippen LogP contribution in [0.5, 0.6) is 0 Å². The van der Waals surface area contributed by atoms with Crippen molar-refractivity contribution in [2.45, 2.75) is 13.0 Å². The highest BCUT2D eigenvalue weighted by atomic mass is 19.1. The number of carbonyl (C=O) groups excluding carboxylic acids is 1. The van der Waals surface area contributed by atoms with Gasteiger partial charge in [0.15, 0.2) is 0 Å². The summed E-state index contributed by atoms with van der Waals surface area (Å²) in [5.41, 5.74) is 1.94. The van der Waals surface area contributed by atoms with Gasteiger partial charge in [0.2, 0.25) is 5.91 Å². The Labute approximate surface area is 157 Å². The summed E-state index contributed by atoms with van der Waals surface area (Å²) in [6, 6.07) is 10.6. The number of hydrogen-bond donors (Lipinski definition) is 1. The van der Waals surface area contributed by atoms with Crippen molar-refractivity contribution < 1.29 is 18.3 Å². The smallest absolute Gasteiger partial charge is 0.244 e. The largest absolute Gasteiger partial charge is 0.378 e. The van der Waals surface area contributed by atoms with E-state index >= 15 is 0 Å². The minimum atomic E-state index is -0.354. The van der Waals surface area contributed by atoms with E-state index in [-0.39, 0.29) is 23.6 Å². The number of halogens is 2. The zero-order valence-electron chi connectivity index (χ0n) is 15.1. The van der Waals surface area contributed by atoms with Crippen LogP contribution in [0.15, 0.2) is 48.5 Å². The number of ether oxygens (including phenoxy) is 1. The molecule has 4 nitrogen and oxygen atoms in total. The molecule has 1 fully saturated rings. The quantitative estimate of drug-likeness (QED) is 0.814. The van der Waals surface area contributed by atoms with Gasteiger partial charge in [-0.05, 0) is 48.4 Å². The molecule has 3 rings (SSSR count). The van der Waals surface area contributed by atoms with Gasteiger partial charge in [0.25, 0.3) is 0 Å². The number of morpholine rings is 1.